The molecule has 2 rings (SSSR count). The Morgan fingerprint density at radius 1 is 1.17 bits per heavy atom. The summed E-state index contributed by atoms with van der Waals surface area (Å²) in [7, 11) is 0. The Morgan fingerprint density at radius 3 is 2.39 bits per heavy atom. The molecule has 18 heavy (non-hydrogen) atoms. The van der Waals surface area contributed by atoms with Crippen LogP contribution in [-0.2, 0) is 0 Å². The van der Waals surface area contributed by atoms with Crippen molar-refractivity contribution in [3.05, 3.63) is 0 Å². The van der Waals surface area contributed by atoms with Gasteiger partial charge in [0, 0.05) is 30.2 Å². The number of nitrogens with zero attached hydrogens (tertiary/aromatic N) is 1. The summed E-state index contributed by atoms with van der Waals surface area (Å²) >= 11 is 0. The fraction of sp³-hybridized carbons (Fsp3) is 1.00. The molecule has 2 nitrogen and oxygen atoms in total. The van der Waals surface area contributed by atoms with E-state index in [1.165, 1.54) is 58.0 Å². The number of rotatable bonds is 3. The molecular weight excluding hydrogens is 220 g/mol. The zero-order chi connectivity index (χ0) is 13.2. The minimum atomic E-state index is 0.359. The van der Waals surface area contributed by atoms with Crippen molar-refractivity contribution < 1.29 is 0 Å². The van der Waals surface area contributed by atoms with E-state index in [1.54, 1.807) is 0 Å². The molecule has 2 fully saturated rings. The topological polar surface area (TPSA) is 15.3 Å². The third kappa shape index (κ3) is 2.60. The van der Waals surface area contributed by atoms with E-state index >= 15 is 0 Å². The van der Waals surface area contributed by atoms with E-state index in [0.717, 1.165) is 6.04 Å². The first-order chi connectivity index (χ1) is 8.55. The highest BCUT2D eigenvalue weighted by Gasteiger charge is 2.45. The Labute approximate surface area is 114 Å². The second-order valence-electron chi connectivity index (χ2n) is 6.93. The van der Waals surface area contributed by atoms with Crippen molar-refractivity contribution in [2.45, 2.75) is 89.8 Å². The fourth-order valence-electron chi connectivity index (χ4n) is 3.85. The molecule has 1 saturated carbocycles. The van der Waals surface area contributed by atoms with Gasteiger partial charge in [-0.2, -0.15) is 0 Å². The van der Waals surface area contributed by atoms with Gasteiger partial charge < -0.3 is 5.32 Å². The smallest absolute Gasteiger partial charge is 0.0309 e. The molecule has 106 valence electrons. The summed E-state index contributed by atoms with van der Waals surface area (Å²) in [6, 6.07) is 0.718. The summed E-state index contributed by atoms with van der Waals surface area (Å²) in [5, 5.41) is 3.94. The Hall–Kier alpha value is -0.0800. The maximum absolute atomic E-state index is 3.94. The van der Waals surface area contributed by atoms with Crippen molar-refractivity contribution in [3.8, 4) is 0 Å². The van der Waals surface area contributed by atoms with E-state index in [-0.39, 0.29) is 0 Å². The van der Waals surface area contributed by atoms with Crippen molar-refractivity contribution in [2.75, 3.05) is 13.1 Å². The van der Waals surface area contributed by atoms with Crippen molar-refractivity contribution >= 4 is 0 Å². The van der Waals surface area contributed by atoms with Gasteiger partial charge in [0.05, 0.1) is 0 Å². The molecule has 2 atom stereocenters. The van der Waals surface area contributed by atoms with Gasteiger partial charge in [-0.1, -0.05) is 33.1 Å². The van der Waals surface area contributed by atoms with E-state index in [4.69, 9.17) is 0 Å². The van der Waals surface area contributed by atoms with E-state index in [9.17, 15) is 0 Å². The normalized spacial score (nSPS) is 34.7. The molecule has 1 heterocycles. The van der Waals surface area contributed by atoms with Crippen molar-refractivity contribution in [1.29, 1.82) is 0 Å². The van der Waals surface area contributed by atoms with Gasteiger partial charge >= 0.3 is 0 Å². The van der Waals surface area contributed by atoms with Gasteiger partial charge in [-0.05, 0) is 39.5 Å². The molecule has 0 amide bonds. The van der Waals surface area contributed by atoms with Crippen LogP contribution in [0.1, 0.15) is 72.6 Å². The van der Waals surface area contributed by atoms with Crippen LogP contribution in [0.3, 0.4) is 0 Å². The third-order valence-corrected chi connectivity index (χ3v) is 5.71. The number of hydrogen-bond acceptors (Lipinski definition) is 2. The second-order valence-corrected chi connectivity index (χ2v) is 6.93. The van der Waals surface area contributed by atoms with E-state index in [2.05, 4.69) is 37.9 Å². The molecule has 1 aliphatic carbocycles. The van der Waals surface area contributed by atoms with Gasteiger partial charge in [0.15, 0.2) is 0 Å². The lowest BCUT2D eigenvalue weighted by atomic mass is 9.76. The van der Waals surface area contributed by atoms with Crippen LogP contribution in [-0.4, -0.2) is 35.1 Å². The zero-order valence-electron chi connectivity index (χ0n) is 12.9. The number of hydrogen-bond donors (Lipinski definition) is 1. The highest BCUT2D eigenvalue weighted by Crippen LogP contribution is 2.37. The van der Waals surface area contributed by atoms with Crippen LogP contribution in [0.4, 0.5) is 0 Å². The molecule has 0 bridgehead atoms. The highest BCUT2D eigenvalue weighted by molar-refractivity contribution is 5.05. The maximum atomic E-state index is 3.94. The quantitative estimate of drug-likeness (QED) is 0.826. The van der Waals surface area contributed by atoms with Crippen LogP contribution in [0.2, 0.25) is 0 Å². The summed E-state index contributed by atoms with van der Waals surface area (Å²) in [5.41, 5.74) is 0.800. The molecule has 1 aliphatic heterocycles. The van der Waals surface area contributed by atoms with Crippen LogP contribution in [0, 0.1) is 0 Å². The van der Waals surface area contributed by atoms with E-state index in [0.29, 0.717) is 11.1 Å². The number of piperazine rings is 1. The highest BCUT2D eigenvalue weighted by atomic mass is 15.3. The SMILES string of the molecule is CCC(C)N1CC2(CCCCC2)NCC1(C)CC. The summed E-state index contributed by atoms with van der Waals surface area (Å²) < 4.78 is 0. The van der Waals surface area contributed by atoms with Gasteiger partial charge in [0.25, 0.3) is 0 Å². The van der Waals surface area contributed by atoms with Gasteiger partial charge in [-0.25, -0.2) is 0 Å². The van der Waals surface area contributed by atoms with Crippen molar-refractivity contribution in [2.24, 2.45) is 0 Å². The van der Waals surface area contributed by atoms with Gasteiger partial charge in [0.2, 0.25) is 0 Å². The standard InChI is InChI=1S/C16H32N2/c1-5-14(3)18-13-16(10-8-7-9-11-16)17-12-15(18,4)6-2/h14,17H,5-13H2,1-4H3. The van der Waals surface area contributed by atoms with Crippen molar-refractivity contribution in [1.82, 2.24) is 10.2 Å². The Bertz CT molecular complexity index is 270. The number of nitrogens with one attached hydrogen (secondary N) is 1. The maximum Gasteiger partial charge on any atom is 0.0309 e. The Balaban J connectivity index is 2.14. The lowest BCUT2D eigenvalue weighted by Gasteiger charge is -2.56. The largest absolute Gasteiger partial charge is 0.308 e. The monoisotopic (exact) mass is 252 g/mol. The lowest BCUT2D eigenvalue weighted by molar-refractivity contribution is -0.0273. The molecular formula is C16H32N2. The Kier molecular flexibility index (Phi) is 4.38. The Morgan fingerprint density at radius 2 is 1.83 bits per heavy atom. The molecule has 2 heteroatoms. The molecule has 0 aromatic carbocycles. The zero-order valence-corrected chi connectivity index (χ0v) is 12.9. The van der Waals surface area contributed by atoms with E-state index < -0.39 is 0 Å². The summed E-state index contributed by atoms with van der Waals surface area (Å²) in [5.74, 6) is 0. The summed E-state index contributed by atoms with van der Waals surface area (Å²) in [6.07, 6.45) is 9.58. The average molecular weight is 252 g/mol. The average Bonchev–Trinajstić information content (AvgIpc) is 2.42. The predicted molar refractivity (Wildman–Crippen MR) is 79.0 cm³/mol. The molecule has 0 radical (unpaired) electrons. The van der Waals surface area contributed by atoms with Crippen LogP contribution < -0.4 is 5.32 Å². The first-order valence-corrected chi connectivity index (χ1v) is 8.07. The summed E-state index contributed by atoms with van der Waals surface area (Å²) in [4.78, 5) is 2.81. The molecule has 0 aromatic heterocycles. The molecule has 1 N–H and O–H groups in total. The molecule has 2 unspecified atom stereocenters. The third-order valence-electron chi connectivity index (χ3n) is 5.71. The van der Waals surface area contributed by atoms with Gasteiger partial charge in [-0.3, -0.25) is 4.90 Å². The molecule has 1 saturated heterocycles. The summed E-state index contributed by atoms with van der Waals surface area (Å²) in [6.45, 7) is 12.0. The predicted octanol–water partition coefficient (Wildman–Crippen LogP) is 3.56. The minimum Gasteiger partial charge on any atom is -0.308 e. The van der Waals surface area contributed by atoms with Crippen LogP contribution in [0.15, 0.2) is 0 Å². The van der Waals surface area contributed by atoms with E-state index in [1.807, 2.05) is 0 Å². The molecule has 0 aromatic rings. The van der Waals surface area contributed by atoms with Gasteiger partial charge in [0.1, 0.15) is 0 Å². The van der Waals surface area contributed by atoms with Crippen LogP contribution >= 0.6 is 0 Å². The first kappa shape index (κ1) is 14.3. The first-order valence-electron chi connectivity index (χ1n) is 8.07. The van der Waals surface area contributed by atoms with Crippen LogP contribution in [0.5, 0.6) is 0 Å². The minimum absolute atomic E-state index is 0.359. The second kappa shape index (κ2) is 5.50. The van der Waals surface area contributed by atoms with Gasteiger partial charge in [-0.15, -0.1) is 0 Å². The molecule has 1 spiro atoms. The van der Waals surface area contributed by atoms with Crippen molar-refractivity contribution in [3.63, 3.8) is 0 Å². The lowest BCUT2D eigenvalue weighted by Crippen LogP contribution is -2.70. The van der Waals surface area contributed by atoms with Crippen LogP contribution in [0.25, 0.3) is 0 Å². The molecule has 2 aliphatic rings. The fourth-order valence-corrected chi connectivity index (χ4v) is 3.85.